The van der Waals surface area contributed by atoms with E-state index in [1.165, 1.54) is 4.90 Å². The summed E-state index contributed by atoms with van der Waals surface area (Å²) in [5, 5.41) is 62.9. The first kappa shape index (κ1) is 36.2. The standard InChI is InChI=1S/C26H39N5O10S/c1-2-3-8-27-26(42)28-19-6-4-18(5-7-19)11-20(31(16-24(38)39)17-25(40)41)12-29(13-21(32)33)9-10-30(14-22(34)35)15-23(36)37/h4-7,20H,2-3,8-17H2,1H3,(H,32,33)(H,34,35)(H,36,37)(H,38,39)(H,40,41)(H2,27,28,42)/p-5. The Labute approximate surface area is 248 Å². The lowest BCUT2D eigenvalue weighted by molar-refractivity contribution is -0.313. The summed E-state index contributed by atoms with van der Waals surface area (Å²) in [4.78, 5) is 59.6. The molecule has 1 rings (SSSR count). The molecule has 2 N–H and O–H groups in total. The molecule has 0 bridgehead atoms. The van der Waals surface area contributed by atoms with Crippen molar-refractivity contribution in [2.75, 3.05) is 64.2 Å². The Hall–Kier alpha value is -3.86. The number of carboxylic acid groups (broad SMARTS) is 5. The molecule has 42 heavy (non-hydrogen) atoms. The van der Waals surface area contributed by atoms with E-state index in [4.69, 9.17) is 12.2 Å². The molecule has 0 saturated carbocycles. The fourth-order valence-corrected chi connectivity index (χ4v) is 4.30. The number of nitrogens with zero attached hydrogens (tertiary/aromatic N) is 3. The lowest BCUT2D eigenvalue weighted by atomic mass is 10.0. The van der Waals surface area contributed by atoms with Crippen molar-refractivity contribution >= 4 is 52.9 Å². The molecule has 1 aromatic carbocycles. The summed E-state index contributed by atoms with van der Waals surface area (Å²) >= 11 is 5.25. The van der Waals surface area contributed by atoms with Gasteiger partial charge in [0.25, 0.3) is 0 Å². The molecule has 1 atom stereocenters. The highest BCUT2D eigenvalue weighted by molar-refractivity contribution is 7.80. The average molecular weight is 609 g/mol. The van der Waals surface area contributed by atoms with Crippen LogP contribution < -0.4 is 36.2 Å². The van der Waals surface area contributed by atoms with Gasteiger partial charge in [-0.3, -0.25) is 14.7 Å². The van der Waals surface area contributed by atoms with Gasteiger partial charge in [0.05, 0.1) is 29.8 Å². The molecule has 0 aliphatic carbocycles. The van der Waals surface area contributed by atoms with Crippen LogP contribution >= 0.6 is 12.2 Å². The Morgan fingerprint density at radius 1 is 0.762 bits per heavy atom. The quantitative estimate of drug-likeness (QED) is 0.0919. The van der Waals surface area contributed by atoms with Crippen molar-refractivity contribution in [3.05, 3.63) is 29.8 Å². The van der Waals surface area contributed by atoms with Gasteiger partial charge in [0.1, 0.15) is 0 Å². The van der Waals surface area contributed by atoms with Crippen molar-refractivity contribution in [3.63, 3.8) is 0 Å². The van der Waals surface area contributed by atoms with Crippen molar-refractivity contribution in [2.45, 2.75) is 32.2 Å². The highest BCUT2D eigenvalue weighted by Gasteiger charge is 2.23. The van der Waals surface area contributed by atoms with Gasteiger partial charge in [-0.05, 0) is 42.8 Å². The number of unbranched alkanes of at least 4 members (excludes halogenated alkanes) is 1. The SMILES string of the molecule is CCCCNC(=S)Nc1ccc(CC(CN(CCN(CC(=O)[O-])CC(=O)[O-])CC(=O)[O-])N(CC(=O)[O-])CC(=O)[O-])cc1. The predicted octanol–water partition coefficient (Wildman–Crippen LogP) is -6.66. The fourth-order valence-electron chi connectivity index (χ4n) is 4.08. The summed E-state index contributed by atoms with van der Waals surface area (Å²) < 4.78 is 0. The number of carbonyl (C=O) groups excluding carboxylic acids is 5. The molecule has 15 nitrogen and oxygen atoms in total. The lowest BCUT2D eigenvalue weighted by Crippen LogP contribution is -2.55. The molecule has 0 heterocycles. The highest BCUT2D eigenvalue weighted by Crippen LogP contribution is 2.15. The number of hydrogen-bond acceptors (Lipinski definition) is 14. The maximum absolute atomic E-state index is 11.5. The Kier molecular flexibility index (Phi) is 16.6. The molecule has 0 aliphatic heterocycles. The Balaban J connectivity index is 3.18. The van der Waals surface area contributed by atoms with Gasteiger partial charge in [-0.2, -0.15) is 0 Å². The lowest BCUT2D eigenvalue weighted by Gasteiger charge is -2.37. The Bertz CT molecular complexity index is 1040. The van der Waals surface area contributed by atoms with Gasteiger partial charge in [0, 0.05) is 70.6 Å². The van der Waals surface area contributed by atoms with Crippen molar-refractivity contribution in [2.24, 2.45) is 0 Å². The molecule has 0 spiro atoms. The number of anilines is 1. The van der Waals surface area contributed by atoms with Crippen LogP contribution in [0, 0.1) is 0 Å². The van der Waals surface area contributed by atoms with Gasteiger partial charge in [-0.25, -0.2) is 0 Å². The molecule has 0 amide bonds. The topological polar surface area (TPSA) is 234 Å². The second-order valence-electron chi connectivity index (χ2n) is 9.50. The smallest absolute Gasteiger partial charge is 0.170 e. The van der Waals surface area contributed by atoms with Crippen LogP contribution in [0.1, 0.15) is 25.3 Å². The summed E-state index contributed by atoms with van der Waals surface area (Å²) in [7, 11) is 0. The third kappa shape index (κ3) is 16.4. The second kappa shape index (κ2) is 19.3. The monoisotopic (exact) mass is 608 g/mol. The molecule has 0 radical (unpaired) electrons. The zero-order chi connectivity index (χ0) is 31.7. The van der Waals surface area contributed by atoms with Crippen LogP contribution in [0.15, 0.2) is 24.3 Å². The van der Waals surface area contributed by atoms with Crippen molar-refractivity contribution in [1.29, 1.82) is 0 Å². The molecule has 1 aromatic rings. The second-order valence-corrected chi connectivity index (χ2v) is 9.91. The van der Waals surface area contributed by atoms with Crippen LogP contribution in [-0.4, -0.2) is 115 Å². The van der Waals surface area contributed by atoms with Gasteiger partial charge in [-0.1, -0.05) is 25.5 Å². The summed E-state index contributed by atoms with van der Waals surface area (Å²) in [6.07, 6.45) is 2.00. The maximum Gasteiger partial charge on any atom is 0.170 e. The fraction of sp³-hybridized carbons (Fsp3) is 0.538. The van der Waals surface area contributed by atoms with E-state index in [0.29, 0.717) is 22.9 Å². The minimum atomic E-state index is -1.58. The predicted molar refractivity (Wildman–Crippen MR) is 143 cm³/mol. The van der Waals surface area contributed by atoms with E-state index in [9.17, 15) is 49.5 Å². The maximum atomic E-state index is 11.5. The van der Waals surface area contributed by atoms with E-state index in [1.807, 2.05) is 6.92 Å². The molecule has 0 saturated heterocycles. The van der Waals surface area contributed by atoms with E-state index in [1.54, 1.807) is 24.3 Å². The molecule has 0 aliphatic rings. The minimum Gasteiger partial charge on any atom is -0.549 e. The van der Waals surface area contributed by atoms with Crippen LogP contribution in [0.3, 0.4) is 0 Å². The van der Waals surface area contributed by atoms with Crippen LogP contribution in [0.4, 0.5) is 5.69 Å². The number of hydrogen-bond donors (Lipinski definition) is 2. The normalized spacial score (nSPS) is 11.8. The average Bonchev–Trinajstić information content (AvgIpc) is 2.86. The van der Waals surface area contributed by atoms with E-state index in [-0.39, 0.29) is 26.1 Å². The first-order chi connectivity index (χ1) is 19.8. The van der Waals surface area contributed by atoms with Crippen LogP contribution in [0.2, 0.25) is 0 Å². The summed E-state index contributed by atoms with van der Waals surface area (Å²) in [5.74, 6) is -7.81. The third-order valence-electron chi connectivity index (χ3n) is 5.94. The van der Waals surface area contributed by atoms with Crippen LogP contribution in [0.5, 0.6) is 0 Å². The van der Waals surface area contributed by atoms with Gasteiger partial charge >= 0.3 is 0 Å². The first-order valence-corrected chi connectivity index (χ1v) is 13.5. The van der Waals surface area contributed by atoms with E-state index in [2.05, 4.69) is 10.6 Å². The number of nitrogens with one attached hydrogen (secondary N) is 2. The Morgan fingerprint density at radius 2 is 1.24 bits per heavy atom. The molecule has 0 aromatic heterocycles. The zero-order valence-corrected chi connectivity index (χ0v) is 24.0. The molecule has 0 fully saturated rings. The van der Waals surface area contributed by atoms with Crippen molar-refractivity contribution in [3.8, 4) is 0 Å². The van der Waals surface area contributed by atoms with E-state index in [0.717, 1.165) is 22.6 Å². The summed E-state index contributed by atoms with van der Waals surface area (Å²) in [6, 6.07) is 5.90. The molecule has 16 heteroatoms. The van der Waals surface area contributed by atoms with Gasteiger partial charge < -0.3 is 60.1 Å². The van der Waals surface area contributed by atoms with Crippen molar-refractivity contribution < 1.29 is 49.5 Å². The Morgan fingerprint density at radius 3 is 1.71 bits per heavy atom. The number of benzene rings is 1. The van der Waals surface area contributed by atoms with Crippen molar-refractivity contribution in [1.82, 2.24) is 20.0 Å². The number of carboxylic acids is 5. The zero-order valence-electron chi connectivity index (χ0n) is 23.2. The molecular formula is C26H34N5O10S-5. The molecule has 1 unspecified atom stereocenters. The number of rotatable bonds is 22. The van der Waals surface area contributed by atoms with Crippen LogP contribution in [0.25, 0.3) is 0 Å². The number of thiocarbonyl (C=S) groups is 1. The number of carbonyl (C=O) groups is 5. The molecular weight excluding hydrogens is 574 g/mol. The molecule has 234 valence electrons. The first-order valence-electron chi connectivity index (χ1n) is 13.1. The highest BCUT2D eigenvalue weighted by atomic mass is 32.1. The van der Waals surface area contributed by atoms with E-state index >= 15 is 0 Å². The van der Waals surface area contributed by atoms with Gasteiger partial charge in [0.2, 0.25) is 0 Å². The summed E-state index contributed by atoms with van der Waals surface area (Å²) in [6.45, 7) is -1.75. The minimum absolute atomic E-state index is 0.0609. The number of aliphatic carboxylic acids is 5. The third-order valence-corrected chi connectivity index (χ3v) is 6.19. The van der Waals surface area contributed by atoms with Crippen LogP contribution in [-0.2, 0) is 30.4 Å². The van der Waals surface area contributed by atoms with E-state index < -0.39 is 68.6 Å². The van der Waals surface area contributed by atoms with Gasteiger partial charge in [-0.15, -0.1) is 0 Å². The summed E-state index contributed by atoms with van der Waals surface area (Å²) in [5.41, 5.74) is 1.30. The largest absolute Gasteiger partial charge is 0.549 e. The van der Waals surface area contributed by atoms with Gasteiger partial charge in [0.15, 0.2) is 5.11 Å².